The van der Waals surface area contributed by atoms with E-state index in [0.717, 1.165) is 0 Å². The van der Waals surface area contributed by atoms with Crippen LogP contribution in [-0.2, 0) is 14.3 Å². The third kappa shape index (κ3) is 7.28. The fraction of sp³-hybridized carbons (Fsp3) is 0.474. The lowest BCUT2D eigenvalue weighted by atomic mass is 10.2. The summed E-state index contributed by atoms with van der Waals surface area (Å²) in [6, 6.07) is 7.22. The lowest BCUT2D eigenvalue weighted by molar-refractivity contribution is -0.151. The van der Waals surface area contributed by atoms with E-state index in [4.69, 9.17) is 14.2 Å². The van der Waals surface area contributed by atoms with Crippen molar-refractivity contribution in [2.24, 2.45) is 0 Å². The Morgan fingerprint density at radius 2 is 1.76 bits per heavy atom. The van der Waals surface area contributed by atoms with Crippen LogP contribution >= 0.6 is 0 Å². The Morgan fingerprint density at radius 1 is 1.16 bits per heavy atom. The lowest BCUT2D eigenvalue weighted by Crippen LogP contribution is -2.44. The van der Waals surface area contributed by atoms with Crippen LogP contribution in [0.5, 0.6) is 11.5 Å². The molecule has 1 rings (SSSR count). The molecule has 1 aromatic carbocycles. The van der Waals surface area contributed by atoms with E-state index in [1.165, 1.54) is 13.8 Å². The van der Waals surface area contributed by atoms with E-state index in [2.05, 4.69) is 6.58 Å². The molecule has 6 nitrogen and oxygen atoms in total. The molecule has 0 aromatic heterocycles. The van der Waals surface area contributed by atoms with Gasteiger partial charge in [-0.3, -0.25) is 9.59 Å². The second kappa shape index (κ2) is 10.4. The maximum atomic E-state index is 11.8. The van der Waals surface area contributed by atoms with E-state index in [0.29, 0.717) is 18.1 Å². The van der Waals surface area contributed by atoms with E-state index in [1.54, 1.807) is 23.1 Å². The van der Waals surface area contributed by atoms with Gasteiger partial charge in [0.05, 0.1) is 6.54 Å². The van der Waals surface area contributed by atoms with Gasteiger partial charge in [0.1, 0.15) is 13.2 Å². The van der Waals surface area contributed by atoms with E-state index in [1.807, 2.05) is 26.0 Å². The van der Waals surface area contributed by atoms with E-state index >= 15 is 0 Å². The van der Waals surface area contributed by atoms with Crippen LogP contribution in [0.3, 0.4) is 0 Å². The zero-order valence-corrected chi connectivity index (χ0v) is 15.4. The Morgan fingerprint density at radius 3 is 2.24 bits per heavy atom. The molecule has 138 valence electrons. The van der Waals surface area contributed by atoms with Gasteiger partial charge in [-0.15, -0.1) is 0 Å². The van der Waals surface area contributed by atoms with Crippen LogP contribution in [0.1, 0.15) is 27.7 Å². The van der Waals surface area contributed by atoms with E-state index in [9.17, 15) is 9.59 Å². The van der Waals surface area contributed by atoms with Crippen LogP contribution in [0.25, 0.3) is 0 Å². The lowest BCUT2D eigenvalue weighted by Gasteiger charge is -2.29. The van der Waals surface area contributed by atoms with Crippen LogP contribution in [0, 0.1) is 0 Å². The molecule has 0 heterocycles. The van der Waals surface area contributed by atoms with Crippen molar-refractivity contribution in [3.05, 3.63) is 36.9 Å². The number of rotatable bonds is 10. The standard InChI is InChI=1S/C19H27NO5/c1-6-11-23-18-9-7-8-10-19(18)24-13-17(25-16(5)22)12-20(14(2)3)15(4)21/h6-10,14,17H,1,11-13H2,2-5H3. The fourth-order valence-electron chi connectivity index (χ4n) is 2.30. The third-order valence-electron chi connectivity index (χ3n) is 3.39. The van der Waals surface area contributed by atoms with Gasteiger partial charge in [-0.1, -0.05) is 24.8 Å². The molecule has 25 heavy (non-hydrogen) atoms. The number of hydrogen-bond acceptors (Lipinski definition) is 5. The summed E-state index contributed by atoms with van der Waals surface area (Å²) < 4.78 is 16.6. The predicted molar refractivity (Wildman–Crippen MR) is 95.7 cm³/mol. The van der Waals surface area contributed by atoms with Gasteiger partial charge < -0.3 is 19.1 Å². The van der Waals surface area contributed by atoms with Gasteiger partial charge in [0.15, 0.2) is 17.6 Å². The highest BCUT2D eigenvalue weighted by Crippen LogP contribution is 2.26. The van der Waals surface area contributed by atoms with Crippen molar-refractivity contribution in [1.82, 2.24) is 4.90 Å². The molecule has 0 aliphatic rings. The molecule has 0 aliphatic heterocycles. The first-order chi connectivity index (χ1) is 11.8. The Hall–Kier alpha value is -2.50. The molecule has 0 aliphatic carbocycles. The third-order valence-corrected chi connectivity index (χ3v) is 3.39. The van der Waals surface area contributed by atoms with Crippen molar-refractivity contribution in [2.45, 2.75) is 39.8 Å². The second-order valence-electron chi connectivity index (χ2n) is 5.85. The summed E-state index contributed by atoms with van der Waals surface area (Å²) in [4.78, 5) is 24.8. The summed E-state index contributed by atoms with van der Waals surface area (Å²) in [6.45, 7) is 11.0. The zero-order chi connectivity index (χ0) is 18.8. The Kier molecular flexibility index (Phi) is 8.53. The van der Waals surface area contributed by atoms with Gasteiger partial charge in [-0.05, 0) is 26.0 Å². The zero-order valence-electron chi connectivity index (χ0n) is 15.4. The number of carbonyl (C=O) groups is 2. The summed E-state index contributed by atoms with van der Waals surface area (Å²) in [6.07, 6.45) is 1.07. The normalized spacial score (nSPS) is 11.6. The molecular formula is C19H27NO5. The average molecular weight is 349 g/mol. The van der Waals surface area contributed by atoms with Crippen molar-refractivity contribution < 1.29 is 23.8 Å². The summed E-state index contributed by atoms with van der Waals surface area (Å²) in [5.41, 5.74) is 0. The maximum absolute atomic E-state index is 11.8. The van der Waals surface area contributed by atoms with Crippen LogP contribution < -0.4 is 9.47 Å². The molecule has 1 amide bonds. The summed E-state index contributed by atoms with van der Waals surface area (Å²) in [5.74, 6) is 0.621. The second-order valence-corrected chi connectivity index (χ2v) is 5.85. The monoisotopic (exact) mass is 349 g/mol. The molecule has 1 unspecified atom stereocenters. The molecule has 1 atom stereocenters. The molecule has 0 saturated heterocycles. The maximum Gasteiger partial charge on any atom is 0.303 e. The van der Waals surface area contributed by atoms with Crippen LogP contribution in [0.2, 0.25) is 0 Å². The number of benzene rings is 1. The summed E-state index contributed by atoms with van der Waals surface area (Å²) in [7, 11) is 0. The smallest absolute Gasteiger partial charge is 0.303 e. The van der Waals surface area contributed by atoms with Gasteiger partial charge in [0.2, 0.25) is 5.91 Å². The van der Waals surface area contributed by atoms with Crippen molar-refractivity contribution in [2.75, 3.05) is 19.8 Å². The Balaban J connectivity index is 2.81. The molecular weight excluding hydrogens is 322 g/mol. The summed E-state index contributed by atoms with van der Waals surface area (Å²) >= 11 is 0. The Bertz CT molecular complexity index is 585. The number of hydrogen-bond donors (Lipinski definition) is 0. The summed E-state index contributed by atoms with van der Waals surface area (Å²) in [5, 5.41) is 0. The van der Waals surface area contributed by atoms with E-state index < -0.39 is 12.1 Å². The molecule has 0 spiro atoms. The SMILES string of the molecule is C=CCOc1ccccc1OCC(CN(C(C)=O)C(C)C)OC(C)=O. The highest BCUT2D eigenvalue weighted by Gasteiger charge is 2.22. The minimum Gasteiger partial charge on any atom is -0.486 e. The molecule has 6 heteroatoms. The molecule has 0 radical (unpaired) electrons. The first kappa shape index (κ1) is 20.5. The van der Waals surface area contributed by atoms with Gasteiger partial charge in [-0.2, -0.15) is 0 Å². The van der Waals surface area contributed by atoms with Crippen molar-refractivity contribution in [1.29, 1.82) is 0 Å². The highest BCUT2D eigenvalue weighted by atomic mass is 16.6. The van der Waals surface area contributed by atoms with Crippen molar-refractivity contribution in [3.8, 4) is 11.5 Å². The number of amides is 1. The number of para-hydroxylation sites is 2. The van der Waals surface area contributed by atoms with Crippen LogP contribution in [0.15, 0.2) is 36.9 Å². The van der Waals surface area contributed by atoms with E-state index in [-0.39, 0.29) is 25.1 Å². The number of esters is 1. The topological polar surface area (TPSA) is 65.1 Å². The Labute approximate surface area is 149 Å². The van der Waals surface area contributed by atoms with Crippen LogP contribution in [-0.4, -0.2) is 48.7 Å². The first-order valence-electron chi connectivity index (χ1n) is 8.25. The molecule has 0 bridgehead atoms. The van der Waals surface area contributed by atoms with Gasteiger partial charge in [0.25, 0.3) is 0 Å². The number of nitrogens with zero attached hydrogens (tertiary/aromatic N) is 1. The molecule has 0 fully saturated rings. The average Bonchev–Trinajstić information content (AvgIpc) is 2.54. The van der Waals surface area contributed by atoms with Crippen LogP contribution in [0.4, 0.5) is 0 Å². The van der Waals surface area contributed by atoms with Gasteiger partial charge in [0, 0.05) is 19.9 Å². The fourth-order valence-corrected chi connectivity index (χ4v) is 2.30. The first-order valence-corrected chi connectivity index (χ1v) is 8.25. The molecule has 1 aromatic rings. The molecule has 0 N–H and O–H groups in total. The quantitative estimate of drug-likeness (QED) is 0.480. The highest BCUT2D eigenvalue weighted by molar-refractivity contribution is 5.73. The minimum atomic E-state index is -0.573. The molecule has 0 saturated carbocycles. The van der Waals surface area contributed by atoms with Gasteiger partial charge in [-0.25, -0.2) is 0 Å². The van der Waals surface area contributed by atoms with Crippen molar-refractivity contribution >= 4 is 11.9 Å². The predicted octanol–water partition coefficient (Wildman–Crippen LogP) is 2.82. The van der Waals surface area contributed by atoms with Gasteiger partial charge >= 0.3 is 5.97 Å². The van der Waals surface area contributed by atoms with Crippen molar-refractivity contribution in [3.63, 3.8) is 0 Å². The largest absolute Gasteiger partial charge is 0.486 e. The number of ether oxygens (including phenoxy) is 3. The minimum absolute atomic E-state index is 0.00114. The number of carbonyl (C=O) groups excluding carboxylic acids is 2.